The van der Waals surface area contributed by atoms with Crippen molar-refractivity contribution in [2.45, 2.75) is 31.9 Å². The molecule has 0 atom stereocenters. The molecule has 0 aliphatic heterocycles. The van der Waals surface area contributed by atoms with Gasteiger partial charge in [0.05, 0.1) is 16.8 Å². The first kappa shape index (κ1) is 27.1. The highest BCUT2D eigenvalue weighted by Crippen LogP contribution is 2.30. The van der Waals surface area contributed by atoms with Gasteiger partial charge in [-0.15, -0.1) is 0 Å². The van der Waals surface area contributed by atoms with Crippen LogP contribution in [-0.4, -0.2) is 46.4 Å². The Kier molecular flexibility index (Phi) is 6.96. The summed E-state index contributed by atoms with van der Waals surface area (Å²) < 4.78 is 30.8. The minimum atomic E-state index is -3.14. The molecule has 0 aliphatic rings. The number of nitrogens with zero attached hydrogens (tertiary/aromatic N) is 6. The summed E-state index contributed by atoms with van der Waals surface area (Å²) in [6.45, 7) is 6.21. The van der Waals surface area contributed by atoms with E-state index in [1.165, 1.54) is 6.26 Å². The molecule has 3 aromatic heterocycles. The summed E-state index contributed by atoms with van der Waals surface area (Å²) in [5.41, 5.74) is 3.92. The van der Waals surface area contributed by atoms with E-state index in [0.29, 0.717) is 34.8 Å². The second kappa shape index (κ2) is 10.3. The number of aryl methyl sites for hydroxylation is 1. The zero-order valence-electron chi connectivity index (χ0n) is 23.3. The Hall–Kier alpha value is -4.45. The smallest absolute Gasteiger partial charge is 0.229 e. The van der Waals surface area contributed by atoms with Crippen LogP contribution in [0.1, 0.15) is 32.1 Å². The molecule has 0 aliphatic carbocycles. The van der Waals surface area contributed by atoms with Gasteiger partial charge in [0.15, 0.2) is 15.7 Å². The molecule has 208 valence electrons. The second-order valence-electron chi connectivity index (χ2n) is 10.8. The molecule has 40 heavy (non-hydrogen) atoms. The van der Waals surface area contributed by atoms with Crippen molar-refractivity contribution in [2.24, 2.45) is 7.05 Å². The molecule has 2 N–H and O–H groups in total. The van der Waals surface area contributed by atoms with Crippen molar-refractivity contribution in [1.82, 2.24) is 24.7 Å². The van der Waals surface area contributed by atoms with Crippen LogP contribution < -0.4 is 15.5 Å². The lowest BCUT2D eigenvalue weighted by molar-refractivity contribution is 0.331. The highest BCUT2D eigenvalue weighted by molar-refractivity contribution is 7.89. The molecule has 5 rings (SSSR count). The summed E-state index contributed by atoms with van der Waals surface area (Å²) in [4.78, 5) is 15.7. The standard InChI is InChI=1S/C28H32N8O3S/c1-28(2,3)23-16-24(34-39-23)32-27-31-21-15-20(10-11-22(21)36(27)5)35(4)25-12-13-29-26(33-25)30-19-9-7-8-18(14-19)17-40(6,37)38/h7-16H,17H2,1-6H3,(H,29,30,33)(H,31,32,34). The van der Waals surface area contributed by atoms with Gasteiger partial charge in [0.2, 0.25) is 11.9 Å². The Morgan fingerprint density at radius 3 is 2.55 bits per heavy atom. The molecule has 11 nitrogen and oxygen atoms in total. The molecule has 0 amide bonds. The van der Waals surface area contributed by atoms with E-state index < -0.39 is 9.84 Å². The normalized spacial score (nSPS) is 12.1. The first-order valence-electron chi connectivity index (χ1n) is 12.7. The molecule has 12 heteroatoms. The lowest BCUT2D eigenvalue weighted by Gasteiger charge is -2.19. The van der Waals surface area contributed by atoms with Crippen molar-refractivity contribution in [2.75, 3.05) is 28.8 Å². The number of sulfone groups is 1. The Labute approximate surface area is 233 Å². The number of fused-ring (bicyclic) bond motifs is 1. The van der Waals surface area contributed by atoms with Gasteiger partial charge in [0.25, 0.3) is 0 Å². The van der Waals surface area contributed by atoms with Gasteiger partial charge in [-0.2, -0.15) is 4.98 Å². The summed E-state index contributed by atoms with van der Waals surface area (Å²) in [6.07, 6.45) is 2.89. The SMILES string of the molecule is CN(c1ccc2c(c1)nc(Nc1cc(C(C)(C)C)on1)n2C)c1ccnc(Nc2cccc(CS(C)(=O)=O)c2)n1. The van der Waals surface area contributed by atoms with Crippen LogP contribution in [0.2, 0.25) is 0 Å². The van der Waals surface area contributed by atoms with E-state index in [0.717, 1.165) is 22.5 Å². The maximum absolute atomic E-state index is 11.7. The topological polar surface area (TPSA) is 131 Å². The fraction of sp³-hybridized carbons (Fsp3) is 0.286. The third-order valence-corrected chi connectivity index (χ3v) is 7.20. The Bertz CT molecular complexity index is 1790. The van der Waals surface area contributed by atoms with Gasteiger partial charge in [-0.3, -0.25) is 0 Å². The molecule has 5 aromatic rings. The molecule has 0 bridgehead atoms. The zero-order chi connectivity index (χ0) is 28.7. The van der Waals surface area contributed by atoms with Crippen molar-refractivity contribution in [3.05, 3.63) is 72.1 Å². The van der Waals surface area contributed by atoms with Crippen LogP contribution in [0.3, 0.4) is 0 Å². The Morgan fingerprint density at radius 1 is 1.02 bits per heavy atom. The molecule has 0 saturated carbocycles. The highest BCUT2D eigenvalue weighted by atomic mass is 32.2. The van der Waals surface area contributed by atoms with Gasteiger partial charge in [-0.1, -0.05) is 38.1 Å². The number of hydrogen-bond acceptors (Lipinski definition) is 10. The van der Waals surface area contributed by atoms with Gasteiger partial charge < -0.3 is 24.6 Å². The number of nitrogens with one attached hydrogen (secondary N) is 2. The third kappa shape index (κ3) is 6.07. The number of rotatable bonds is 8. The average Bonchev–Trinajstić information content (AvgIpc) is 3.47. The maximum Gasteiger partial charge on any atom is 0.229 e. The summed E-state index contributed by atoms with van der Waals surface area (Å²) in [5.74, 6) is 3.08. The van der Waals surface area contributed by atoms with Crippen LogP contribution in [0.25, 0.3) is 11.0 Å². The number of benzene rings is 2. The van der Waals surface area contributed by atoms with Crippen molar-refractivity contribution >= 4 is 55.8 Å². The van der Waals surface area contributed by atoms with E-state index in [9.17, 15) is 8.42 Å². The molecule has 3 heterocycles. The molecule has 0 radical (unpaired) electrons. The van der Waals surface area contributed by atoms with Gasteiger partial charge >= 0.3 is 0 Å². The van der Waals surface area contributed by atoms with Gasteiger partial charge in [-0.05, 0) is 42.0 Å². The first-order chi connectivity index (χ1) is 18.9. The van der Waals surface area contributed by atoms with Crippen LogP contribution in [-0.2, 0) is 28.1 Å². The van der Waals surface area contributed by atoms with Crippen LogP contribution in [0, 0.1) is 0 Å². The Morgan fingerprint density at radius 2 is 1.82 bits per heavy atom. The first-order valence-corrected chi connectivity index (χ1v) is 14.7. The van der Waals surface area contributed by atoms with E-state index in [2.05, 4.69) is 46.5 Å². The predicted octanol–water partition coefficient (Wildman–Crippen LogP) is 5.45. The van der Waals surface area contributed by atoms with Gasteiger partial charge in [0, 0.05) is 49.4 Å². The van der Waals surface area contributed by atoms with Crippen LogP contribution in [0.5, 0.6) is 0 Å². The number of aromatic nitrogens is 5. The minimum absolute atomic E-state index is 0.0318. The van der Waals surface area contributed by atoms with E-state index in [1.54, 1.807) is 24.4 Å². The molecule has 0 unspecified atom stereocenters. The zero-order valence-corrected chi connectivity index (χ0v) is 24.1. The second-order valence-corrected chi connectivity index (χ2v) is 13.0. The average molecular weight is 561 g/mol. The monoisotopic (exact) mass is 560 g/mol. The van der Waals surface area contributed by atoms with E-state index in [1.807, 2.05) is 60.0 Å². The van der Waals surface area contributed by atoms with Crippen LogP contribution >= 0.6 is 0 Å². The van der Waals surface area contributed by atoms with Crippen molar-refractivity contribution < 1.29 is 12.9 Å². The largest absolute Gasteiger partial charge is 0.359 e. The lowest BCUT2D eigenvalue weighted by atomic mass is 9.93. The van der Waals surface area contributed by atoms with Crippen molar-refractivity contribution in [3.63, 3.8) is 0 Å². The van der Waals surface area contributed by atoms with Crippen molar-refractivity contribution in [3.8, 4) is 0 Å². The predicted molar refractivity (Wildman–Crippen MR) is 158 cm³/mol. The fourth-order valence-corrected chi connectivity index (χ4v) is 4.99. The number of hydrogen-bond donors (Lipinski definition) is 2. The molecule has 0 fully saturated rings. The molecular formula is C28H32N8O3S. The summed E-state index contributed by atoms with van der Waals surface area (Å²) in [7, 11) is 0.729. The quantitative estimate of drug-likeness (QED) is 0.253. The van der Waals surface area contributed by atoms with Gasteiger partial charge in [0.1, 0.15) is 11.6 Å². The lowest BCUT2D eigenvalue weighted by Crippen LogP contribution is -2.12. The highest BCUT2D eigenvalue weighted by Gasteiger charge is 2.20. The third-order valence-electron chi connectivity index (χ3n) is 6.34. The van der Waals surface area contributed by atoms with Crippen molar-refractivity contribution in [1.29, 1.82) is 0 Å². The maximum atomic E-state index is 11.7. The fourth-order valence-electron chi connectivity index (χ4n) is 4.21. The minimum Gasteiger partial charge on any atom is -0.359 e. The van der Waals surface area contributed by atoms with E-state index in [4.69, 9.17) is 9.51 Å². The van der Waals surface area contributed by atoms with Crippen LogP contribution in [0.4, 0.5) is 34.9 Å². The van der Waals surface area contributed by atoms with E-state index >= 15 is 0 Å². The molecule has 2 aromatic carbocycles. The molecular weight excluding hydrogens is 528 g/mol. The number of anilines is 6. The molecule has 0 spiro atoms. The van der Waals surface area contributed by atoms with E-state index in [-0.39, 0.29) is 11.2 Å². The summed E-state index contributed by atoms with van der Waals surface area (Å²) in [6, 6.07) is 16.9. The van der Waals surface area contributed by atoms with Crippen LogP contribution in [0.15, 0.2) is 65.3 Å². The van der Waals surface area contributed by atoms with Gasteiger partial charge in [-0.25, -0.2) is 18.4 Å². The number of imidazole rings is 1. The summed E-state index contributed by atoms with van der Waals surface area (Å²) >= 11 is 0. The Balaban J connectivity index is 1.35. The molecule has 0 saturated heterocycles. The summed E-state index contributed by atoms with van der Waals surface area (Å²) in [5, 5.41) is 10.6.